The van der Waals surface area contributed by atoms with Crippen molar-refractivity contribution in [2.45, 2.75) is 37.5 Å². The lowest BCUT2D eigenvalue weighted by Crippen LogP contribution is -2.34. The smallest absolute Gasteiger partial charge is 0.257 e. The van der Waals surface area contributed by atoms with E-state index in [1.165, 1.54) is 0 Å². The third-order valence-corrected chi connectivity index (χ3v) is 7.54. The fraction of sp³-hybridized carbons (Fsp3) is 0.194. The Morgan fingerprint density at radius 1 is 0.861 bits per heavy atom. The number of Topliss-reactive ketones (excluding diaryl/α,β-unsaturated/α-hetero) is 1. The van der Waals surface area contributed by atoms with Gasteiger partial charge in [-0.05, 0) is 48.2 Å². The minimum atomic E-state index is -0.355. The van der Waals surface area contributed by atoms with Crippen molar-refractivity contribution in [1.82, 2.24) is 9.97 Å². The lowest BCUT2D eigenvalue weighted by Gasteiger charge is -2.28. The number of benzene rings is 3. The van der Waals surface area contributed by atoms with Gasteiger partial charge >= 0.3 is 0 Å². The SMILES string of the molecule is O=C(Cc1ccc(Nc2ccnc3[nH]c(=O)c4ccccc4c23)cc1)C1(c2ccccc2)CCCC1. The van der Waals surface area contributed by atoms with Crippen molar-refractivity contribution in [3.05, 3.63) is 113 Å². The number of carbonyl (C=O) groups is 1. The van der Waals surface area contributed by atoms with Crippen LogP contribution in [0, 0.1) is 0 Å². The van der Waals surface area contributed by atoms with Crippen LogP contribution in [0.15, 0.2) is 95.9 Å². The third kappa shape index (κ3) is 3.87. The van der Waals surface area contributed by atoms with Gasteiger partial charge < -0.3 is 10.3 Å². The molecule has 36 heavy (non-hydrogen) atoms. The molecule has 2 aromatic heterocycles. The first kappa shape index (κ1) is 22.2. The molecule has 178 valence electrons. The van der Waals surface area contributed by atoms with Gasteiger partial charge in [-0.15, -0.1) is 0 Å². The zero-order chi connectivity index (χ0) is 24.5. The Labute approximate surface area is 209 Å². The summed E-state index contributed by atoms with van der Waals surface area (Å²) in [4.78, 5) is 33.3. The zero-order valence-corrected chi connectivity index (χ0v) is 20.0. The first-order valence-electron chi connectivity index (χ1n) is 12.5. The number of hydrogen-bond donors (Lipinski definition) is 2. The van der Waals surface area contributed by atoms with Gasteiger partial charge in [0.1, 0.15) is 11.4 Å². The van der Waals surface area contributed by atoms with Gasteiger partial charge in [0.05, 0.1) is 11.1 Å². The standard InChI is InChI=1S/C31H27N3O2/c35-27(31(17-6-7-18-31)22-8-2-1-3-9-22)20-21-12-14-23(15-13-21)33-26-16-19-32-29-28(26)24-10-4-5-11-25(24)30(36)34-29/h1-5,8-16,19H,6-7,17-18,20H2,(H2,32,33,34,36). The number of rotatable bonds is 6. The van der Waals surface area contributed by atoms with Gasteiger partial charge in [-0.3, -0.25) is 9.59 Å². The zero-order valence-electron chi connectivity index (χ0n) is 20.0. The van der Waals surface area contributed by atoms with Crippen LogP contribution in [0.2, 0.25) is 0 Å². The molecule has 2 N–H and O–H groups in total. The van der Waals surface area contributed by atoms with E-state index in [4.69, 9.17) is 0 Å². The van der Waals surface area contributed by atoms with Gasteiger partial charge in [-0.2, -0.15) is 0 Å². The molecule has 1 fully saturated rings. The number of nitrogens with one attached hydrogen (secondary N) is 2. The topological polar surface area (TPSA) is 74.8 Å². The van der Waals surface area contributed by atoms with Gasteiger partial charge in [-0.25, -0.2) is 4.98 Å². The van der Waals surface area contributed by atoms with E-state index in [0.29, 0.717) is 23.2 Å². The number of ketones is 1. The molecule has 1 saturated carbocycles. The van der Waals surface area contributed by atoms with E-state index in [1.807, 2.05) is 72.8 Å². The van der Waals surface area contributed by atoms with Crippen LogP contribution in [-0.2, 0) is 16.6 Å². The number of aromatic nitrogens is 2. The quantitative estimate of drug-likeness (QED) is 0.278. The molecule has 1 aliphatic carbocycles. The predicted octanol–water partition coefficient (Wildman–Crippen LogP) is 6.44. The highest BCUT2D eigenvalue weighted by molar-refractivity contribution is 6.10. The van der Waals surface area contributed by atoms with E-state index in [1.54, 1.807) is 6.20 Å². The molecule has 6 rings (SSSR count). The number of H-pyrrole nitrogens is 1. The normalized spacial score (nSPS) is 14.8. The lowest BCUT2D eigenvalue weighted by atomic mass is 9.73. The van der Waals surface area contributed by atoms with Crippen molar-refractivity contribution in [2.24, 2.45) is 0 Å². The molecular formula is C31H27N3O2. The van der Waals surface area contributed by atoms with E-state index >= 15 is 0 Å². The Morgan fingerprint density at radius 2 is 1.56 bits per heavy atom. The summed E-state index contributed by atoms with van der Waals surface area (Å²) in [5.74, 6) is 0.308. The second-order valence-electron chi connectivity index (χ2n) is 9.66. The van der Waals surface area contributed by atoms with E-state index in [-0.39, 0.29) is 11.0 Å². The number of hydrogen-bond acceptors (Lipinski definition) is 4. The van der Waals surface area contributed by atoms with E-state index in [2.05, 4.69) is 27.4 Å². The number of carbonyl (C=O) groups excluding carboxylic acids is 1. The summed E-state index contributed by atoms with van der Waals surface area (Å²) in [5, 5.41) is 5.85. The van der Waals surface area contributed by atoms with Crippen LogP contribution in [0.5, 0.6) is 0 Å². The Balaban J connectivity index is 1.27. The van der Waals surface area contributed by atoms with Crippen LogP contribution >= 0.6 is 0 Å². The van der Waals surface area contributed by atoms with Crippen LogP contribution in [0.25, 0.3) is 21.8 Å². The van der Waals surface area contributed by atoms with Crippen LogP contribution < -0.4 is 10.9 Å². The number of nitrogens with zero attached hydrogens (tertiary/aromatic N) is 1. The Hall–Kier alpha value is -4.25. The van der Waals surface area contributed by atoms with E-state index in [9.17, 15) is 9.59 Å². The number of anilines is 2. The molecule has 0 atom stereocenters. The summed E-state index contributed by atoms with van der Waals surface area (Å²) in [7, 11) is 0. The number of aromatic amines is 1. The maximum absolute atomic E-state index is 13.6. The van der Waals surface area contributed by atoms with Crippen molar-refractivity contribution in [2.75, 3.05) is 5.32 Å². The van der Waals surface area contributed by atoms with Crippen LogP contribution in [0.4, 0.5) is 11.4 Å². The molecule has 0 amide bonds. The molecule has 0 spiro atoms. The summed E-state index contributed by atoms with van der Waals surface area (Å²) in [6, 6.07) is 27.8. The summed E-state index contributed by atoms with van der Waals surface area (Å²) in [6.07, 6.45) is 6.18. The van der Waals surface area contributed by atoms with Crippen LogP contribution in [0.3, 0.4) is 0 Å². The first-order chi connectivity index (χ1) is 17.6. The van der Waals surface area contributed by atoms with E-state index in [0.717, 1.165) is 59.0 Å². The highest BCUT2D eigenvalue weighted by Crippen LogP contribution is 2.42. The van der Waals surface area contributed by atoms with Crippen molar-refractivity contribution in [1.29, 1.82) is 0 Å². The van der Waals surface area contributed by atoms with Gasteiger partial charge in [-0.1, -0.05) is 73.5 Å². The molecule has 5 heteroatoms. The van der Waals surface area contributed by atoms with Crippen molar-refractivity contribution in [3.63, 3.8) is 0 Å². The van der Waals surface area contributed by atoms with Gasteiger partial charge in [0.25, 0.3) is 5.56 Å². The molecule has 0 unspecified atom stereocenters. The largest absolute Gasteiger partial charge is 0.355 e. The van der Waals surface area contributed by atoms with Crippen molar-refractivity contribution in [3.8, 4) is 0 Å². The molecule has 0 aliphatic heterocycles. The minimum Gasteiger partial charge on any atom is -0.355 e. The van der Waals surface area contributed by atoms with Crippen LogP contribution in [-0.4, -0.2) is 15.8 Å². The summed E-state index contributed by atoms with van der Waals surface area (Å²) < 4.78 is 0. The molecule has 5 aromatic rings. The van der Waals surface area contributed by atoms with Crippen molar-refractivity contribution < 1.29 is 4.79 Å². The van der Waals surface area contributed by atoms with E-state index < -0.39 is 0 Å². The number of fused-ring (bicyclic) bond motifs is 3. The molecule has 1 aliphatic rings. The Bertz CT molecular complexity index is 1620. The van der Waals surface area contributed by atoms with Gasteiger partial charge in [0.15, 0.2) is 0 Å². The summed E-state index contributed by atoms with van der Waals surface area (Å²) >= 11 is 0. The molecule has 3 aromatic carbocycles. The highest BCUT2D eigenvalue weighted by Gasteiger charge is 2.41. The minimum absolute atomic E-state index is 0.146. The fourth-order valence-corrected chi connectivity index (χ4v) is 5.69. The van der Waals surface area contributed by atoms with Crippen LogP contribution in [0.1, 0.15) is 36.8 Å². The molecule has 2 heterocycles. The fourth-order valence-electron chi connectivity index (χ4n) is 5.69. The monoisotopic (exact) mass is 473 g/mol. The van der Waals surface area contributed by atoms with Gasteiger partial charge in [0, 0.05) is 34.5 Å². The van der Waals surface area contributed by atoms with Crippen molar-refractivity contribution >= 4 is 39.0 Å². The Kier molecular flexibility index (Phi) is 5.61. The maximum Gasteiger partial charge on any atom is 0.257 e. The summed E-state index contributed by atoms with van der Waals surface area (Å²) in [6.45, 7) is 0. The molecule has 0 radical (unpaired) electrons. The maximum atomic E-state index is 13.6. The average molecular weight is 474 g/mol. The first-order valence-corrected chi connectivity index (χ1v) is 12.5. The lowest BCUT2D eigenvalue weighted by molar-refractivity contribution is -0.123. The van der Waals surface area contributed by atoms with Gasteiger partial charge in [0.2, 0.25) is 0 Å². The Morgan fingerprint density at radius 3 is 2.31 bits per heavy atom. The number of pyridine rings is 2. The average Bonchev–Trinajstić information content (AvgIpc) is 3.42. The second kappa shape index (κ2) is 9.08. The molecule has 0 bridgehead atoms. The third-order valence-electron chi connectivity index (χ3n) is 7.54. The second-order valence-corrected chi connectivity index (χ2v) is 9.66. The molecule has 0 saturated heterocycles. The highest BCUT2D eigenvalue weighted by atomic mass is 16.1. The summed E-state index contributed by atoms with van der Waals surface area (Å²) in [5.41, 5.74) is 3.99. The predicted molar refractivity (Wildman–Crippen MR) is 145 cm³/mol. The molecule has 5 nitrogen and oxygen atoms in total. The molecular weight excluding hydrogens is 446 g/mol.